The predicted molar refractivity (Wildman–Crippen MR) is 83.1 cm³/mol. The molecule has 0 spiro atoms. The molecule has 2 aliphatic rings. The Hall–Kier alpha value is -2.23. The number of rotatable bonds is 3. The molecule has 2 aliphatic carbocycles. The Bertz CT molecular complexity index is 686. The molecule has 1 fully saturated rings. The van der Waals surface area contributed by atoms with Crippen LogP contribution in [-0.4, -0.2) is 15.9 Å². The second-order valence-electron chi connectivity index (χ2n) is 6.24. The van der Waals surface area contributed by atoms with Crippen LogP contribution in [0.4, 0.5) is 0 Å². The van der Waals surface area contributed by atoms with E-state index in [-0.39, 0.29) is 17.9 Å². The zero-order chi connectivity index (χ0) is 14.9. The van der Waals surface area contributed by atoms with E-state index in [1.165, 1.54) is 5.56 Å². The van der Waals surface area contributed by atoms with Crippen LogP contribution in [0.5, 0.6) is 0 Å². The largest absolute Gasteiger partial charge is 0.349 e. The molecule has 0 bridgehead atoms. The van der Waals surface area contributed by atoms with E-state index in [9.17, 15) is 4.79 Å². The van der Waals surface area contributed by atoms with E-state index in [1.54, 1.807) is 6.33 Å². The van der Waals surface area contributed by atoms with Gasteiger partial charge in [0.1, 0.15) is 6.33 Å². The maximum atomic E-state index is 12.5. The van der Waals surface area contributed by atoms with Crippen LogP contribution < -0.4 is 5.32 Å². The fourth-order valence-electron chi connectivity index (χ4n) is 3.48. The van der Waals surface area contributed by atoms with E-state index in [0.29, 0.717) is 5.92 Å². The number of carbonyl (C=O) groups is 1. The highest BCUT2D eigenvalue weighted by atomic mass is 16.2. The fraction of sp³-hybridized carbons (Fsp3) is 0.389. The van der Waals surface area contributed by atoms with Crippen molar-refractivity contribution in [3.63, 3.8) is 0 Å². The van der Waals surface area contributed by atoms with E-state index < -0.39 is 0 Å². The summed E-state index contributed by atoms with van der Waals surface area (Å²) < 4.78 is 0. The molecule has 1 aromatic heterocycles. The minimum Gasteiger partial charge on any atom is -0.349 e. The van der Waals surface area contributed by atoms with Gasteiger partial charge in [-0.25, -0.2) is 9.97 Å². The minimum absolute atomic E-state index is 0.0782. The number of hydrogen-bond acceptors (Lipinski definition) is 3. The highest BCUT2D eigenvalue weighted by molar-refractivity contribution is 5.83. The third kappa shape index (κ3) is 2.49. The van der Waals surface area contributed by atoms with Crippen molar-refractivity contribution in [2.75, 3.05) is 0 Å². The van der Waals surface area contributed by atoms with Crippen molar-refractivity contribution in [1.29, 1.82) is 0 Å². The zero-order valence-electron chi connectivity index (χ0n) is 12.4. The second kappa shape index (κ2) is 5.52. The third-order valence-corrected chi connectivity index (χ3v) is 4.78. The van der Waals surface area contributed by atoms with Crippen molar-refractivity contribution >= 4 is 5.91 Å². The standard InChI is InChI=1S/C18H19N3O/c22-18(14-9-13(14)12-5-2-1-3-6-12)21-17-8-4-7-16-15(17)10-19-11-20-16/h1-3,5-6,10-11,13-14,17H,4,7-9H2,(H,21,22)/t13-,14+,17-/m1/s1. The molecule has 2 aromatic rings. The first-order chi connectivity index (χ1) is 10.8. The Morgan fingerprint density at radius 1 is 1.23 bits per heavy atom. The topological polar surface area (TPSA) is 54.9 Å². The zero-order valence-corrected chi connectivity index (χ0v) is 12.4. The summed E-state index contributed by atoms with van der Waals surface area (Å²) in [5.41, 5.74) is 3.45. The smallest absolute Gasteiger partial charge is 0.224 e. The van der Waals surface area contributed by atoms with Crippen molar-refractivity contribution in [3.05, 3.63) is 59.7 Å². The molecule has 4 heteroatoms. The van der Waals surface area contributed by atoms with Crippen LogP contribution >= 0.6 is 0 Å². The van der Waals surface area contributed by atoms with Gasteiger partial charge >= 0.3 is 0 Å². The summed E-state index contributed by atoms with van der Waals surface area (Å²) in [4.78, 5) is 21.0. The molecule has 112 valence electrons. The number of hydrogen-bond donors (Lipinski definition) is 1. The maximum Gasteiger partial charge on any atom is 0.224 e. The first-order valence-corrected chi connectivity index (χ1v) is 7.97. The second-order valence-corrected chi connectivity index (χ2v) is 6.24. The highest BCUT2D eigenvalue weighted by Gasteiger charge is 2.44. The Kier molecular flexibility index (Phi) is 3.37. The first kappa shape index (κ1) is 13.4. The number of amides is 1. The number of aromatic nitrogens is 2. The van der Waals surface area contributed by atoms with Gasteiger partial charge in [0, 0.05) is 23.4 Å². The summed E-state index contributed by atoms with van der Waals surface area (Å²) in [6.45, 7) is 0. The van der Waals surface area contributed by atoms with Gasteiger partial charge in [0.2, 0.25) is 5.91 Å². The molecule has 3 atom stereocenters. The van der Waals surface area contributed by atoms with Gasteiger partial charge in [-0.15, -0.1) is 0 Å². The summed E-state index contributed by atoms with van der Waals surface area (Å²) >= 11 is 0. The molecule has 1 heterocycles. The Balaban J connectivity index is 1.44. The number of benzene rings is 1. The average molecular weight is 293 g/mol. The molecular formula is C18H19N3O. The van der Waals surface area contributed by atoms with Crippen LogP contribution in [0.15, 0.2) is 42.9 Å². The van der Waals surface area contributed by atoms with E-state index in [1.807, 2.05) is 24.4 Å². The molecule has 0 unspecified atom stereocenters. The summed E-state index contributed by atoms with van der Waals surface area (Å²) in [5.74, 6) is 0.684. The molecule has 22 heavy (non-hydrogen) atoms. The lowest BCUT2D eigenvalue weighted by Gasteiger charge is -2.25. The van der Waals surface area contributed by atoms with Gasteiger partial charge in [0.05, 0.1) is 6.04 Å². The highest BCUT2D eigenvalue weighted by Crippen LogP contribution is 2.47. The number of fused-ring (bicyclic) bond motifs is 1. The average Bonchev–Trinajstić information content (AvgIpc) is 3.37. The Labute approximate surface area is 130 Å². The molecule has 1 saturated carbocycles. The normalized spacial score (nSPS) is 26.1. The molecule has 0 saturated heterocycles. The van der Waals surface area contributed by atoms with Crippen LogP contribution in [0.1, 0.15) is 48.0 Å². The summed E-state index contributed by atoms with van der Waals surface area (Å²) in [6, 6.07) is 10.4. The van der Waals surface area contributed by atoms with Crippen LogP contribution in [0.2, 0.25) is 0 Å². The molecular weight excluding hydrogens is 274 g/mol. The molecule has 1 N–H and O–H groups in total. The van der Waals surface area contributed by atoms with Crippen molar-refractivity contribution in [3.8, 4) is 0 Å². The number of nitrogens with one attached hydrogen (secondary N) is 1. The maximum absolute atomic E-state index is 12.5. The lowest BCUT2D eigenvalue weighted by Crippen LogP contribution is -2.32. The number of carbonyl (C=O) groups excluding carboxylic acids is 1. The lowest BCUT2D eigenvalue weighted by atomic mass is 9.92. The van der Waals surface area contributed by atoms with E-state index >= 15 is 0 Å². The van der Waals surface area contributed by atoms with Crippen LogP contribution in [0, 0.1) is 5.92 Å². The van der Waals surface area contributed by atoms with Crippen molar-refractivity contribution in [2.24, 2.45) is 5.92 Å². The summed E-state index contributed by atoms with van der Waals surface area (Å²) in [7, 11) is 0. The molecule has 4 rings (SSSR count). The van der Waals surface area contributed by atoms with Gasteiger partial charge in [0.15, 0.2) is 0 Å². The van der Waals surface area contributed by atoms with Crippen LogP contribution in [-0.2, 0) is 11.2 Å². The van der Waals surface area contributed by atoms with Gasteiger partial charge < -0.3 is 5.32 Å². The van der Waals surface area contributed by atoms with Crippen molar-refractivity contribution < 1.29 is 4.79 Å². The van der Waals surface area contributed by atoms with Crippen LogP contribution in [0.3, 0.4) is 0 Å². The quantitative estimate of drug-likeness (QED) is 0.946. The van der Waals surface area contributed by atoms with Gasteiger partial charge in [-0.3, -0.25) is 4.79 Å². The van der Waals surface area contributed by atoms with Gasteiger partial charge in [-0.1, -0.05) is 30.3 Å². The van der Waals surface area contributed by atoms with Crippen molar-refractivity contribution in [2.45, 2.75) is 37.6 Å². The first-order valence-electron chi connectivity index (χ1n) is 7.97. The minimum atomic E-state index is 0.0782. The van der Waals surface area contributed by atoms with E-state index in [2.05, 4.69) is 27.4 Å². The molecule has 1 aromatic carbocycles. The predicted octanol–water partition coefficient (Wildman–Crippen LogP) is 2.77. The van der Waals surface area contributed by atoms with E-state index in [0.717, 1.165) is 36.9 Å². The number of nitrogens with zero attached hydrogens (tertiary/aromatic N) is 2. The third-order valence-electron chi connectivity index (χ3n) is 4.78. The van der Waals surface area contributed by atoms with Gasteiger partial charge in [-0.2, -0.15) is 0 Å². The SMILES string of the molecule is O=C(N[C@@H]1CCCc2ncncc21)[C@H]1C[C@@H]1c1ccccc1. The summed E-state index contributed by atoms with van der Waals surface area (Å²) in [5, 5.41) is 3.22. The Morgan fingerprint density at radius 2 is 2.09 bits per heavy atom. The molecule has 0 aliphatic heterocycles. The lowest BCUT2D eigenvalue weighted by molar-refractivity contribution is -0.123. The van der Waals surface area contributed by atoms with Gasteiger partial charge in [0.25, 0.3) is 0 Å². The Morgan fingerprint density at radius 3 is 2.95 bits per heavy atom. The van der Waals surface area contributed by atoms with Crippen molar-refractivity contribution in [1.82, 2.24) is 15.3 Å². The molecule has 0 radical (unpaired) electrons. The van der Waals surface area contributed by atoms with Crippen LogP contribution in [0.25, 0.3) is 0 Å². The van der Waals surface area contributed by atoms with E-state index in [4.69, 9.17) is 0 Å². The molecule has 1 amide bonds. The number of aryl methyl sites for hydroxylation is 1. The monoisotopic (exact) mass is 293 g/mol. The van der Waals surface area contributed by atoms with Gasteiger partial charge in [-0.05, 0) is 37.2 Å². The molecule has 4 nitrogen and oxygen atoms in total. The fourth-order valence-corrected chi connectivity index (χ4v) is 3.48. The summed E-state index contributed by atoms with van der Waals surface area (Å²) in [6.07, 6.45) is 7.45.